The molecule has 0 unspecified atom stereocenters. The normalized spacial score (nSPS) is 10.9. The van der Waals surface area contributed by atoms with E-state index in [-0.39, 0.29) is 16.8 Å². The fourth-order valence-electron chi connectivity index (χ4n) is 2.29. The van der Waals surface area contributed by atoms with Gasteiger partial charge in [0.25, 0.3) is 0 Å². The summed E-state index contributed by atoms with van der Waals surface area (Å²) in [6.45, 7) is 0.174. The number of halogens is 3. The molecule has 142 valence electrons. The first-order valence-electron chi connectivity index (χ1n) is 7.69. The summed E-state index contributed by atoms with van der Waals surface area (Å²) in [6.07, 6.45) is 1.59. The van der Waals surface area contributed by atoms with Crippen LogP contribution in [0.15, 0.2) is 56.6 Å². The highest BCUT2D eigenvalue weighted by atomic mass is 79.9. The monoisotopic (exact) mass is 471 g/mol. The molecule has 0 spiro atoms. The molecule has 0 N–H and O–H groups in total. The minimum Gasteiger partial charge on any atom is -0.488 e. The molecule has 2 aromatic rings. The minimum absolute atomic E-state index is 0.0531. The number of hydrogen-bond acceptors (Lipinski definition) is 5. The van der Waals surface area contributed by atoms with Crippen molar-refractivity contribution >= 4 is 56.9 Å². The van der Waals surface area contributed by atoms with Crippen molar-refractivity contribution in [3.63, 3.8) is 0 Å². The standard InChI is InChI=1S/C19H16BrCl2NO4/c1-25-19(24)18(23-26-2)15-6-4-3-5-13(15)11-27-16-10-14(20)8-7-12(16)9-17(21)22/h3-10H,11H2,1-2H3/b23-18+. The average Bonchev–Trinajstić information content (AvgIpc) is 2.65. The van der Waals surface area contributed by atoms with Gasteiger partial charge in [0.15, 0.2) is 5.71 Å². The molecule has 0 saturated heterocycles. The van der Waals surface area contributed by atoms with Gasteiger partial charge < -0.3 is 14.3 Å². The molecule has 27 heavy (non-hydrogen) atoms. The molecule has 5 nitrogen and oxygen atoms in total. The van der Waals surface area contributed by atoms with Gasteiger partial charge in [-0.05, 0) is 23.8 Å². The summed E-state index contributed by atoms with van der Waals surface area (Å²) in [6, 6.07) is 12.7. The summed E-state index contributed by atoms with van der Waals surface area (Å²) in [4.78, 5) is 16.8. The van der Waals surface area contributed by atoms with Crippen molar-refractivity contribution < 1.29 is 19.1 Å². The Hall–Kier alpha value is -2.02. The zero-order valence-electron chi connectivity index (χ0n) is 14.5. The number of methoxy groups -OCH3 is 1. The lowest BCUT2D eigenvalue weighted by Crippen LogP contribution is -2.19. The highest BCUT2D eigenvalue weighted by molar-refractivity contribution is 9.10. The SMILES string of the molecule is CO/N=C(/C(=O)OC)c1ccccc1COc1cc(Br)ccc1C=C(Cl)Cl. The Morgan fingerprint density at radius 2 is 1.93 bits per heavy atom. The maximum atomic E-state index is 12.0. The Bertz CT molecular complexity index is 880. The maximum Gasteiger partial charge on any atom is 0.360 e. The van der Waals surface area contributed by atoms with Crippen LogP contribution >= 0.6 is 39.1 Å². The number of hydrogen-bond donors (Lipinski definition) is 0. The molecule has 8 heteroatoms. The van der Waals surface area contributed by atoms with Crippen LogP contribution in [0.5, 0.6) is 5.75 Å². The van der Waals surface area contributed by atoms with Gasteiger partial charge in [-0.25, -0.2) is 4.79 Å². The van der Waals surface area contributed by atoms with Gasteiger partial charge in [0.2, 0.25) is 0 Å². The van der Waals surface area contributed by atoms with Crippen molar-refractivity contribution in [2.45, 2.75) is 6.61 Å². The lowest BCUT2D eigenvalue weighted by molar-refractivity contribution is -0.132. The topological polar surface area (TPSA) is 57.1 Å². The molecule has 0 aliphatic rings. The third kappa shape index (κ3) is 5.99. The summed E-state index contributed by atoms with van der Waals surface area (Å²) in [5.74, 6) is -0.0365. The van der Waals surface area contributed by atoms with Gasteiger partial charge in [0.05, 0.1) is 7.11 Å². The van der Waals surface area contributed by atoms with Crippen LogP contribution in [0, 0.1) is 0 Å². The number of nitrogens with zero attached hydrogens (tertiary/aromatic N) is 1. The molecular formula is C19H16BrCl2NO4. The lowest BCUT2D eigenvalue weighted by atomic mass is 10.0. The number of benzene rings is 2. The molecule has 2 aromatic carbocycles. The number of rotatable bonds is 7. The Kier molecular flexibility index (Phi) is 8.16. The molecule has 0 aliphatic carbocycles. The highest BCUT2D eigenvalue weighted by Crippen LogP contribution is 2.28. The molecular weight excluding hydrogens is 457 g/mol. The van der Waals surface area contributed by atoms with Gasteiger partial charge in [-0.2, -0.15) is 0 Å². The number of carbonyl (C=O) groups is 1. The van der Waals surface area contributed by atoms with Gasteiger partial charge in [0, 0.05) is 15.6 Å². The van der Waals surface area contributed by atoms with Crippen LogP contribution in [-0.4, -0.2) is 25.9 Å². The second-order valence-corrected chi connectivity index (χ2v) is 7.10. The number of oxime groups is 1. The zero-order chi connectivity index (χ0) is 19.8. The molecule has 0 amide bonds. The van der Waals surface area contributed by atoms with Crippen LogP contribution in [0.2, 0.25) is 0 Å². The van der Waals surface area contributed by atoms with E-state index in [1.807, 2.05) is 24.3 Å². The van der Waals surface area contributed by atoms with E-state index in [0.717, 1.165) is 15.6 Å². The van der Waals surface area contributed by atoms with Crippen molar-refractivity contribution in [2.75, 3.05) is 14.2 Å². The van der Waals surface area contributed by atoms with E-state index in [1.54, 1.807) is 24.3 Å². The third-order valence-electron chi connectivity index (χ3n) is 3.46. The Morgan fingerprint density at radius 3 is 2.59 bits per heavy atom. The molecule has 0 fully saturated rings. The third-order valence-corrected chi connectivity index (χ3v) is 4.17. The molecule has 0 aromatic heterocycles. The number of esters is 1. The van der Waals surface area contributed by atoms with Crippen molar-refractivity contribution in [2.24, 2.45) is 5.16 Å². The van der Waals surface area contributed by atoms with E-state index in [1.165, 1.54) is 14.2 Å². The van der Waals surface area contributed by atoms with E-state index in [2.05, 4.69) is 21.1 Å². The molecule has 0 radical (unpaired) electrons. The molecule has 0 heterocycles. The first-order chi connectivity index (χ1) is 13.0. The second kappa shape index (κ2) is 10.3. The van der Waals surface area contributed by atoms with Crippen LogP contribution in [0.4, 0.5) is 0 Å². The Balaban J connectivity index is 2.35. The summed E-state index contributed by atoms with van der Waals surface area (Å²) in [7, 11) is 2.64. The first kappa shape index (κ1) is 21.3. The lowest BCUT2D eigenvalue weighted by Gasteiger charge is -2.13. The molecule has 0 aliphatic heterocycles. The van der Waals surface area contributed by atoms with E-state index in [4.69, 9.17) is 37.5 Å². The van der Waals surface area contributed by atoms with E-state index in [0.29, 0.717) is 11.3 Å². The second-order valence-electron chi connectivity index (χ2n) is 5.18. The van der Waals surface area contributed by atoms with Crippen LogP contribution in [0.25, 0.3) is 6.08 Å². The van der Waals surface area contributed by atoms with Crippen LogP contribution in [-0.2, 0) is 21.0 Å². The highest BCUT2D eigenvalue weighted by Gasteiger charge is 2.19. The first-order valence-corrected chi connectivity index (χ1v) is 9.24. The van der Waals surface area contributed by atoms with Crippen molar-refractivity contribution in [3.8, 4) is 5.75 Å². The van der Waals surface area contributed by atoms with Crippen LogP contribution < -0.4 is 4.74 Å². The molecule has 0 atom stereocenters. The van der Waals surface area contributed by atoms with Crippen molar-refractivity contribution in [3.05, 3.63) is 68.1 Å². The number of ether oxygens (including phenoxy) is 2. The predicted molar refractivity (Wildman–Crippen MR) is 110 cm³/mol. The fourth-order valence-corrected chi connectivity index (χ4v) is 2.86. The molecule has 2 rings (SSSR count). The zero-order valence-corrected chi connectivity index (χ0v) is 17.6. The Morgan fingerprint density at radius 1 is 1.19 bits per heavy atom. The van der Waals surface area contributed by atoms with Gasteiger partial charge in [0.1, 0.15) is 24.0 Å². The van der Waals surface area contributed by atoms with E-state index < -0.39 is 5.97 Å². The van der Waals surface area contributed by atoms with Crippen molar-refractivity contribution in [1.29, 1.82) is 0 Å². The predicted octanol–water partition coefficient (Wildman–Crippen LogP) is 5.33. The Labute approximate surface area is 175 Å². The average molecular weight is 473 g/mol. The van der Waals surface area contributed by atoms with E-state index >= 15 is 0 Å². The minimum atomic E-state index is -0.607. The number of carbonyl (C=O) groups excluding carboxylic acids is 1. The van der Waals surface area contributed by atoms with Crippen LogP contribution in [0.3, 0.4) is 0 Å². The summed E-state index contributed by atoms with van der Waals surface area (Å²) >= 11 is 15.0. The summed E-state index contributed by atoms with van der Waals surface area (Å²) < 4.78 is 11.7. The fraction of sp³-hybridized carbons (Fsp3) is 0.158. The summed E-state index contributed by atoms with van der Waals surface area (Å²) in [5, 5.41) is 3.79. The largest absolute Gasteiger partial charge is 0.488 e. The smallest absolute Gasteiger partial charge is 0.360 e. The van der Waals surface area contributed by atoms with Gasteiger partial charge in [-0.1, -0.05) is 74.6 Å². The van der Waals surface area contributed by atoms with Crippen LogP contribution in [0.1, 0.15) is 16.7 Å². The van der Waals surface area contributed by atoms with Gasteiger partial charge in [-0.15, -0.1) is 0 Å². The van der Waals surface area contributed by atoms with Gasteiger partial charge in [-0.3, -0.25) is 0 Å². The summed E-state index contributed by atoms with van der Waals surface area (Å²) in [5.41, 5.74) is 2.05. The van der Waals surface area contributed by atoms with Gasteiger partial charge >= 0.3 is 5.97 Å². The molecule has 0 bridgehead atoms. The maximum absolute atomic E-state index is 12.0. The van der Waals surface area contributed by atoms with E-state index in [9.17, 15) is 4.79 Å². The molecule has 0 saturated carbocycles. The van der Waals surface area contributed by atoms with Crippen molar-refractivity contribution in [1.82, 2.24) is 0 Å². The quantitative estimate of drug-likeness (QED) is 0.310.